The Morgan fingerprint density at radius 3 is 2.45 bits per heavy atom. The predicted molar refractivity (Wildman–Crippen MR) is 76.7 cm³/mol. The average Bonchev–Trinajstić information content (AvgIpc) is 2.81. The predicted octanol–water partition coefficient (Wildman–Crippen LogP) is 3.70. The molecule has 0 amide bonds. The van der Waals surface area contributed by atoms with Crippen LogP contribution in [0.15, 0.2) is 24.3 Å². The molecule has 1 aromatic heterocycles. The van der Waals surface area contributed by atoms with E-state index in [0.717, 1.165) is 10.6 Å². The molecule has 20 heavy (non-hydrogen) atoms. The van der Waals surface area contributed by atoms with Gasteiger partial charge in [-0.3, -0.25) is 0 Å². The van der Waals surface area contributed by atoms with Crippen molar-refractivity contribution in [1.29, 1.82) is 0 Å². The second-order valence-corrected chi connectivity index (χ2v) is 6.06. The van der Waals surface area contributed by atoms with E-state index in [-0.39, 0.29) is 11.8 Å². The number of carbonyl (C=O) groups excluding carboxylic acids is 1. The molecule has 0 unspecified atom stereocenters. The van der Waals surface area contributed by atoms with E-state index >= 15 is 0 Å². The van der Waals surface area contributed by atoms with Crippen molar-refractivity contribution >= 4 is 17.3 Å². The maximum absolute atomic E-state index is 13.0. The van der Waals surface area contributed by atoms with Gasteiger partial charge in [0, 0.05) is 5.41 Å². The van der Waals surface area contributed by atoms with Crippen LogP contribution in [0.3, 0.4) is 0 Å². The number of aryl methyl sites for hydroxylation is 1. The number of hydrogen-bond donors (Lipinski definition) is 0. The number of benzene rings is 1. The maximum Gasteiger partial charge on any atom is 0.349 e. The van der Waals surface area contributed by atoms with Gasteiger partial charge < -0.3 is 4.74 Å². The Labute approximate surface area is 121 Å². The molecule has 0 radical (unpaired) electrons. The van der Waals surface area contributed by atoms with E-state index in [1.165, 1.54) is 30.6 Å². The third kappa shape index (κ3) is 2.58. The van der Waals surface area contributed by atoms with E-state index in [1.807, 2.05) is 13.8 Å². The molecule has 3 nitrogen and oxygen atoms in total. The van der Waals surface area contributed by atoms with E-state index in [9.17, 15) is 9.18 Å². The van der Waals surface area contributed by atoms with Gasteiger partial charge in [0.05, 0.1) is 12.8 Å². The summed E-state index contributed by atoms with van der Waals surface area (Å²) in [4.78, 5) is 16.6. The number of halogens is 1. The Bertz CT molecular complexity index is 632. The minimum absolute atomic E-state index is 0.268. The quantitative estimate of drug-likeness (QED) is 0.810. The van der Waals surface area contributed by atoms with E-state index in [2.05, 4.69) is 4.98 Å². The molecule has 0 N–H and O–H groups in total. The topological polar surface area (TPSA) is 39.2 Å². The van der Waals surface area contributed by atoms with Gasteiger partial charge in [-0.15, -0.1) is 11.3 Å². The molecule has 0 aliphatic rings. The summed E-state index contributed by atoms with van der Waals surface area (Å²) in [6, 6.07) is 6.34. The van der Waals surface area contributed by atoms with E-state index < -0.39 is 5.41 Å². The molecule has 0 spiro atoms. The van der Waals surface area contributed by atoms with Crippen LogP contribution in [0.2, 0.25) is 0 Å². The van der Waals surface area contributed by atoms with Gasteiger partial charge in [0.25, 0.3) is 0 Å². The molecule has 2 rings (SSSR count). The molecule has 106 valence electrons. The first-order chi connectivity index (χ1) is 9.36. The molecule has 0 bridgehead atoms. The summed E-state index contributed by atoms with van der Waals surface area (Å²) >= 11 is 1.32. The van der Waals surface area contributed by atoms with Crippen molar-refractivity contribution < 1.29 is 13.9 Å². The largest absolute Gasteiger partial charge is 0.465 e. The standard InChI is InChI=1S/C15H16FNO2S/c1-9-12(13(18)19-4)20-14(17-9)15(2,3)10-5-7-11(16)8-6-10/h5-8H,1-4H3. The third-order valence-corrected chi connectivity index (χ3v) is 4.73. The Morgan fingerprint density at radius 2 is 1.90 bits per heavy atom. The molecule has 0 saturated carbocycles. The first kappa shape index (κ1) is 14.7. The van der Waals surface area contributed by atoms with Crippen molar-refractivity contribution in [2.24, 2.45) is 0 Å². The normalized spacial score (nSPS) is 11.4. The number of aromatic nitrogens is 1. The van der Waals surface area contributed by atoms with Gasteiger partial charge in [-0.2, -0.15) is 0 Å². The van der Waals surface area contributed by atoms with Crippen molar-refractivity contribution in [3.63, 3.8) is 0 Å². The van der Waals surface area contributed by atoms with Gasteiger partial charge in [0.2, 0.25) is 0 Å². The number of thiazole rings is 1. The number of esters is 1. The Hall–Kier alpha value is -1.75. The van der Waals surface area contributed by atoms with Gasteiger partial charge >= 0.3 is 5.97 Å². The summed E-state index contributed by atoms with van der Waals surface area (Å²) in [7, 11) is 1.35. The van der Waals surface area contributed by atoms with Gasteiger partial charge in [-0.25, -0.2) is 14.2 Å². The highest BCUT2D eigenvalue weighted by Gasteiger charge is 2.29. The van der Waals surface area contributed by atoms with Gasteiger partial charge in [-0.05, 0) is 38.5 Å². The molecule has 1 aromatic carbocycles. The number of nitrogens with zero attached hydrogens (tertiary/aromatic N) is 1. The fraction of sp³-hybridized carbons (Fsp3) is 0.333. The molecule has 5 heteroatoms. The molecule has 0 atom stereocenters. The maximum atomic E-state index is 13.0. The van der Waals surface area contributed by atoms with E-state index in [1.54, 1.807) is 19.1 Å². The van der Waals surface area contributed by atoms with E-state index in [4.69, 9.17) is 4.74 Å². The number of carbonyl (C=O) groups is 1. The van der Waals surface area contributed by atoms with Gasteiger partial charge in [0.15, 0.2) is 0 Å². The fourth-order valence-electron chi connectivity index (χ4n) is 1.94. The lowest BCUT2D eigenvalue weighted by molar-refractivity contribution is 0.0605. The van der Waals surface area contributed by atoms with Crippen LogP contribution in [0.5, 0.6) is 0 Å². The van der Waals surface area contributed by atoms with Crippen LogP contribution in [0, 0.1) is 12.7 Å². The summed E-state index contributed by atoms with van der Waals surface area (Å²) in [5.74, 6) is -0.642. The molecule has 2 aromatic rings. The van der Waals surface area contributed by atoms with Crippen LogP contribution in [0.25, 0.3) is 0 Å². The Morgan fingerprint density at radius 1 is 1.30 bits per heavy atom. The van der Waals surface area contributed by atoms with Crippen LogP contribution in [-0.2, 0) is 10.2 Å². The summed E-state index contributed by atoms with van der Waals surface area (Å²) in [5, 5.41) is 0.807. The van der Waals surface area contributed by atoms with Crippen LogP contribution in [0.4, 0.5) is 4.39 Å². The molecule has 0 saturated heterocycles. The Kier molecular flexibility index (Phi) is 3.90. The SMILES string of the molecule is COC(=O)c1sc(C(C)(C)c2ccc(F)cc2)nc1C. The van der Waals surface area contributed by atoms with E-state index in [0.29, 0.717) is 10.6 Å². The second-order valence-electron chi connectivity index (χ2n) is 5.06. The molecular formula is C15H16FNO2S. The monoisotopic (exact) mass is 293 g/mol. The number of ether oxygens (including phenoxy) is 1. The van der Waals surface area contributed by atoms with Gasteiger partial charge in [-0.1, -0.05) is 12.1 Å². The van der Waals surface area contributed by atoms with Crippen LogP contribution in [-0.4, -0.2) is 18.1 Å². The lowest BCUT2D eigenvalue weighted by atomic mass is 9.85. The fourth-order valence-corrected chi connectivity index (χ4v) is 3.04. The Balaban J connectivity index is 2.44. The van der Waals surface area contributed by atoms with Crippen molar-refractivity contribution in [2.45, 2.75) is 26.2 Å². The molecule has 0 fully saturated rings. The minimum atomic E-state index is -0.393. The first-order valence-electron chi connectivity index (χ1n) is 6.18. The van der Waals surface area contributed by atoms with Crippen molar-refractivity contribution in [3.8, 4) is 0 Å². The van der Waals surface area contributed by atoms with Crippen LogP contribution in [0.1, 0.15) is 39.8 Å². The van der Waals surface area contributed by atoms with Gasteiger partial charge in [0.1, 0.15) is 15.7 Å². The zero-order valence-electron chi connectivity index (χ0n) is 11.9. The zero-order valence-corrected chi connectivity index (χ0v) is 12.7. The highest BCUT2D eigenvalue weighted by molar-refractivity contribution is 7.13. The summed E-state index contributed by atoms with van der Waals surface area (Å²) in [6.45, 7) is 5.78. The number of methoxy groups -OCH3 is 1. The second kappa shape index (κ2) is 5.32. The smallest absolute Gasteiger partial charge is 0.349 e. The highest BCUT2D eigenvalue weighted by atomic mass is 32.1. The lowest BCUT2D eigenvalue weighted by Crippen LogP contribution is -2.18. The molecular weight excluding hydrogens is 277 g/mol. The van der Waals surface area contributed by atoms with Crippen molar-refractivity contribution in [2.75, 3.05) is 7.11 Å². The third-order valence-electron chi connectivity index (χ3n) is 3.27. The highest BCUT2D eigenvalue weighted by Crippen LogP contribution is 2.35. The van der Waals surface area contributed by atoms with Crippen LogP contribution < -0.4 is 0 Å². The van der Waals surface area contributed by atoms with Crippen molar-refractivity contribution in [3.05, 3.63) is 51.2 Å². The molecule has 0 aliphatic carbocycles. The average molecular weight is 293 g/mol. The number of hydrogen-bond acceptors (Lipinski definition) is 4. The first-order valence-corrected chi connectivity index (χ1v) is 7.00. The number of rotatable bonds is 3. The van der Waals surface area contributed by atoms with Crippen molar-refractivity contribution in [1.82, 2.24) is 4.98 Å². The molecule has 1 heterocycles. The zero-order chi connectivity index (χ0) is 14.9. The summed E-state index contributed by atoms with van der Waals surface area (Å²) in [6.07, 6.45) is 0. The summed E-state index contributed by atoms with van der Waals surface area (Å²) in [5.41, 5.74) is 1.21. The molecule has 0 aliphatic heterocycles. The summed E-state index contributed by atoms with van der Waals surface area (Å²) < 4.78 is 17.8. The lowest BCUT2D eigenvalue weighted by Gasteiger charge is -2.22. The minimum Gasteiger partial charge on any atom is -0.465 e. The van der Waals surface area contributed by atoms with Crippen LogP contribution >= 0.6 is 11.3 Å².